The molecule has 2 amide bonds. The fourth-order valence-electron chi connectivity index (χ4n) is 3.75. The van der Waals surface area contributed by atoms with Crippen molar-refractivity contribution in [2.75, 3.05) is 19.6 Å². The molecule has 2 aliphatic rings. The van der Waals surface area contributed by atoms with Gasteiger partial charge in [-0.25, -0.2) is 0 Å². The molecule has 7 heteroatoms. The van der Waals surface area contributed by atoms with E-state index in [2.05, 4.69) is 17.4 Å². The number of benzene rings is 1. The van der Waals surface area contributed by atoms with Crippen LogP contribution in [0.3, 0.4) is 0 Å². The van der Waals surface area contributed by atoms with E-state index in [0.717, 1.165) is 24.2 Å². The molecule has 2 atom stereocenters. The number of likely N-dealkylation sites (tertiary alicyclic amines) is 1. The molecular weight excluding hydrogens is 333 g/mol. The molecule has 0 saturated carbocycles. The number of halogens is 3. The third-order valence-corrected chi connectivity index (χ3v) is 4.97. The second-order valence-corrected chi connectivity index (χ2v) is 6.82. The summed E-state index contributed by atoms with van der Waals surface area (Å²) in [5.74, 6) is -1.42. The molecule has 1 aromatic rings. The number of fused-ring (bicyclic) bond motifs is 1. The Labute approximate surface area is 144 Å². The van der Waals surface area contributed by atoms with Crippen molar-refractivity contribution in [2.45, 2.75) is 37.8 Å². The van der Waals surface area contributed by atoms with Crippen LogP contribution in [0.2, 0.25) is 0 Å². The number of amides is 2. The molecule has 0 unspecified atom stereocenters. The standard InChI is InChI=1S/C18H21F3N2O2/c19-18(20,21)11-23-10-14(8-16(23)24)17(25)22-9-13-6-3-5-12-4-1-2-7-15(12)13/h1-2,4,7,13-14H,3,5-6,8-11H2,(H,22,25)/t13-,14+/m0/s1. The van der Waals surface area contributed by atoms with Crippen molar-refractivity contribution in [1.29, 1.82) is 0 Å². The Morgan fingerprint density at radius 2 is 2.04 bits per heavy atom. The lowest BCUT2D eigenvalue weighted by molar-refractivity contribution is -0.157. The van der Waals surface area contributed by atoms with Gasteiger partial charge < -0.3 is 10.2 Å². The molecule has 136 valence electrons. The molecule has 3 rings (SSSR count). The van der Waals surface area contributed by atoms with Crippen molar-refractivity contribution in [1.82, 2.24) is 10.2 Å². The van der Waals surface area contributed by atoms with E-state index in [1.165, 1.54) is 11.1 Å². The van der Waals surface area contributed by atoms with Crippen LogP contribution in [0.25, 0.3) is 0 Å². The first-order valence-corrected chi connectivity index (χ1v) is 8.53. The zero-order valence-electron chi connectivity index (χ0n) is 13.8. The van der Waals surface area contributed by atoms with Gasteiger partial charge in [-0.1, -0.05) is 24.3 Å². The third-order valence-electron chi connectivity index (χ3n) is 4.97. The van der Waals surface area contributed by atoms with E-state index in [4.69, 9.17) is 0 Å². The van der Waals surface area contributed by atoms with E-state index >= 15 is 0 Å². The minimum atomic E-state index is -4.44. The van der Waals surface area contributed by atoms with Crippen molar-refractivity contribution in [3.63, 3.8) is 0 Å². The number of nitrogens with one attached hydrogen (secondary N) is 1. The maximum atomic E-state index is 12.4. The molecule has 25 heavy (non-hydrogen) atoms. The second kappa shape index (κ2) is 7.06. The molecule has 1 N–H and O–H groups in total. The molecule has 1 aromatic carbocycles. The first kappa shape index (κ1) is 17.8. The molecule has 1 aliphatic carbocycles. The van der Waals surface area contributed by atoms with Crippen LogP contribution in [-0.4, -0.2) is 42.5 Å². The number of hydrogen-bond acceptors (Lipinski definition) is 2. The van der Waals surface area contributed by atoms with E-state index in [1.54, 1.807) is 0 Å². The Hall–Kier alpha value is -2.05. The summed E-state index contributed by atoms with van der Waals surface area (Å²) >= 11 is 0. The van der Waals surface area contributed by atoms with Gasteiger partial charge >= 0.3 is 6.18 Å². The van der Waals surface area contributed by atoms with Crippen LogP contribution in [-0.2, 0) is 16.0 Å². The van der Waals surface area contributed by atoms with Gasteiger partial charge in [0.1, 0.15) is 6.54 Å². The number of aryl methyl sites for hydroxylation is 1. The molecular formula is C18H21F3N2O2. The zero-order chi connectivity index (χ0) is 18.0. The average Bonchev–Trinajstić information content (AvgIpc) is 2.91. The molecule has 0 bridgehead atoms. The predicted molar refractivity (Wildman–Crippen MR) is 85.9 cm³/mol. The molecule has 1 heterocycles. The highest BCUT2D eigenvalue weighted by Crippen LogP contribution is 2.31. The Balaban J connectivity index is 1.55. The molecule has 4 nitrogen and oxygen atoms in total. The third kappa shape index (κ3) is 4.32. The lowest BCUT2D eigenvalue weighted by Crippen LogP contribution is -2.38. The Bertz CT molecular complexity index is 660. The van der Waals surface area contributed by atoms with E-state index in [1.807, 2.05) is 12.1 Å². The average molecular weight is 354 g/mol. The SMILES string of the molecule is O=C(NC[C@@H]1CCCc2ccccc21)[C@@H]1CC(=O)N(CC(F)(F)F)C1. The van der Waals surface area contributed by atoms with Crippen LogP contribution < -0.4 is 5.32 Å². The summed E-state index contributed by atoms with van der Waals surface area (Å²) < 4.78 is 37.3. The Morgan fingerprint density at radius 3 is 2.80 bits per heavy atom. The predicted octanol–water partition coefficient (Wildman–Crippen LogP) is 2.63. The van der Waals surface area contributed by atoms with E-state index < -0.39 is 24.5 Å². The molecule has 0 aromatic heterocycles. The highest BCUT2D eigenvalue weighted by molar-refractivity contribution is 5.89. The van der Waals surface area contributed by atoms with Gasteiger partial charge in [-0.05, 0) is 30.4 Å². The van der Waals surface area contributed by atoms with Gasteiger partial charge in [-0.2, -0.15) is 13.2 Å². The fraction of sp³-hybridized carbons (Fsp3) is 0.556. The van der Waals surface area contributed by atoms with Gasteiger partial charge in [0, 0.05) is 25.4 Å². The Kier molecular flexibility index (Phi) is 5.01. The fourth-order valence-corrected chi connectivity index (χ4v) is 3.75. The normalized spacial score (nSPS) is 23.5. The first-order valence-electron chi connectivity index (χ1n) is 8.53. The molecule has 1 saturated heterocycles. The smallest absolute Gasteiger partial charge is 0.355 e. The summed E-state index contributed by atoms with van der Waals surface area (Å²) in [4.78, 5) is 24.7. The van der Waals surface area contributed by atoms with Gasteiger partial charge in [0.2, 0.25) is 11.8 Å². The topological polar surface area (TPSA) is 49.4 Å². The van der Waals surface area contributed by atoms with Crippen LogP contribution in [0.15, 0.2) is 24.3 Å². The van der Waals surface area contributed by atoms with E-state index in [9.17, 15) is 22.8 Å². The molecule has 0 radical (unpaired) electrons. The summed E-state index contributed by atoms with van der Waals surface area (Å²) in [7, 11) is 0. The lowest BCUT2D eigenvalue weighted by atomic mass is 9.83. The van der Waals surface area contributed by atoms with Crippen molar-refractivity contribution in [2.24, 2.45) is 5.92 Å². The number of alkyl halides is 3. The van der Waals surface area contributed by atoms with Crippen LogP contribution in [0.4, 0.5) is 13.2 Å². The van der Waals surface area contributed by atoms with E-state index in [0.29, 0.717) is 6.54 Å². The lowest BCUT2D eigenvalue weighted by Gasteiger charge is -2.26. The number of carbonyl (C=O) groups excluding carboxylic acids is 2. The van der Waals surface area contributed by atoms with Gasteiger partial charge in [-0.15, -0.1) is 0 Å². The Morgan fingerprint density at radius 1 is 1.28 bits per heavy atom. The minimum absolute atomic E-state index is 0.150. The quantitative estimate of drug-likeness (QED) is 0.904. The van der Waals surface area contributed by atoms with Crippen molar-refractivity contribution in [3.05, 3.63) is 35.4 Å². The summed E-state index contributed by atoms with van der Waals surface area (Å²) in [6.45, 7) is -0.989. The number of rotatable bonds is 4. The van der Waals surface area contributed by atoms with Crippen molar-refractivity contribution in [3.8, 4) is 0 Å². The summed E-state index contributed by atoms with van der Waals surface area (Å²) in [5, 5.41) is 2.84. The molecule has 0 spiro atoms. The first-order chi connectivity index (χ1) is 11.8. The summed E-state index contributed by atoms with van der Waals surface area (Å²) in [5.41, 5.74) is 2.52. The largest absolute Gasteiger partial charge is 0.406 e. The van der Waals surface area contributed by atoms with Gasteiger partial charge in [0.15, 0.2) is 0 Å². The monoisotopic (exact) mass is 354 g/mol. The van der Waals surface area contributed by atoms with Crippen LogP contribution in [0, 0.1) is 5.92 Å². The minimum Gasteiger partial charge on any atom is -0.355 e. The van der Waals surface area contributed by atoms with Crippen molar-refractivity contribution < 1.29 is 22.8 Å². The van der Waals surface area contributed by atoms with Gasteiger partial charge in [0.25, 0.3) is 0 Å². The second-order valence-electron chi connectivity index (χ2n) is 6.82. The van der Waals surface area contributed by atoms with Gasteiger partial charge in [0.05, 0.1) is 5.92 Å². The van der Waals surface area contributed by atoms with Crippen LogP contribution in [0.1, 0.15) is 36.3 Å². The summed E-state index contributed by atoms with van der Waals surface area (Å²) in [6.07, 6.45) is -1.53. The summed E-state index contributed by atoms with van der Waals surface area (Å²) in [6, 6.07) is 8.13. The maximum absolute atomic E-state index is 12.4. The molecule has 1 aliphatic heterocycles. The van der Waals surface area contributed by atoms with Crippen LogP contribution >= 0.6 is 0 Å². The highest BCUT2D eigenvalue weighted by Gasteiger charge is 2.40. The number of hydrogen-bond donors (Lipinski definition) is 1. The number of carbonyl (C=O) groups is 2. The zero-order valence-corrected chi connectivity index (χ0v) is 13.8. The van der Waals surface area contributed by atoms with Crippen molar-refractivity contribution >= 4 is 11.8 Å². The van der Waals surface area contributed by atoms with E-state index in [-0.39, 0.29) is 24.8 Å². The van der Waals surface area contributed by atoms with Gasteiger partial charge in [-0.3, -0.25) is 9.59 Å². The molecule has 1 fully saturated rings. The highest BCUT2D eigenvalue weighted by atomic mass is 19.4. The van der Waals surface area contributed by atoms with Crippen LogP contribution in [0.5, 0.6) is 0 Å². The number of nitrogens with zero attached hydrogens (tertiary/aromatic N) is 1. The maximum Gasteiger partial charge on any atom is 0.406 e.